The number of aliphatic hydroxyl groups is 1. The standard InChI is InChI=1S/C11H19N3O/c1-3-4-14-10(12-8-13-14)7-11(15)5-9(2)6-11/h8-9,15H,3-7H2,1-2H3. The van der Waals surface area contributed by atoms with Crippen LogP contribution in [0.4, 0.5) is 0 Å². The summed E-state index contributed by atoms with van der Waals surface area (Å²) in [6.07, 6.45) is 5.07. The van der Waals surface area contributed by atoms with E-state index in [-0.39, 0.29) is 0 Å². The molecule has 1 saturated carbocycles. The molecule has 0 saturated heterocycles. The van der Waals surface area contributed by atoms with Crippen LogP contribution in [-0.2, 0) is 13.0 Å². The molecule has 1 heterocycles. The van der Waals surface area contributed by atoms with Gasteiger partial charge in [0.15, 0.2) is 0 Å². The average Bonchev–Trinajstić information content (AvgIpc) is 2.51. The van der Waals surface area contributed by atoms with Gasteiger partial charge in [0.1, 0.15) is 12.2 Å². The minimum Gasteiger partial charge on any atom is -0.389 e. The van der Waals surface area contributed by atoms with E-state index in [1.54, 1.807) is 6.33 Å². The van der Waals surface area contributed by atoms with E-state index < -0.39 is 5.60 Å². The summed E-state index contributed by atoms with van der Waals surface area (Å²) in [6.45, 7) is 5.18. The first-order valence-electron chi connectivity index (χ1n) is 5.72. The minimum atomic E-state index is -0.516. The van der Waals surface area contributed by atoms with Gasteiger partial charge in [-0.15, -0.1) is 0 Å². The van der Waals surface area contributed by atoms with Gasteiger partial charge < -0.3 is 5.11 Å². The molecular weight excluding hydrogens is 190 g/mol. The summed E-state index contributed by atoms with van der Waals surface area (Å²) in [6, 6.07) is 0. The second kappa shape index (κ2) is 3.93. The Morgan fingerprint density at radius 3 is 2.93 bits per heavy atom. The highest BCUT2D eigenvalue weighted by Gasteiger charge is 2.41. The summed E-state index contributed by atoms with van der Waals surface area (Å²) in [7, 11) is 0. The number of aromatic nitrogens is 3. The van der Waals surface area contributed by atoms with Crippen molar-refractivity contribution in [2.75, 3.05) is 0 Å². The van der Waals surface area contributed by atoms with E-state index in [9.17, 15) is 5.11 Å². The van der Waals surface area contributed by atoms with Crippen molar-refractivity contribution < 1.29 is 5.11 Å². The predicted octanol–water partition coefficient (Wildman–Crippen LogP) is 1.39. The Labute approximate surface area is 90.3 Å². The highest BCUT2D eigenvalue weighted by Crippen LogP contribution is 2.39. The Morgan fingerprint density at radius 1 is 1.60 bits per heavy atom. The zero-order valence-electron chi connectivity index (χ0n) is 9.48. The van der Waals surface area contributed by atoms with E-state index in [0.717, 1.165) is 31.6 Å². The first-order valence-corrected chi connectivity index (χ1v) is 5.72. The van der Waals surface area contributed by atoms with Crippen molar-refractivity contribution in [1.29, 1.82) is 0 Å². The zero-order chi connectivity index (χ0) is 10.9. The summed E-state index contributed by atoms with van der Waals surface area (Å²) in [5.41, 5.74) is -0.516. The summed E-state index contributed by atoms with van der Waals surface area (Å²) < 4.78 is 1.90. The molecule has 2 rings (SSSR count). The van der Waals surface area contributed by atoms with E-state index in [1.807, 2.05) is 4.68 Å². The van der Waals surface area contributed by atoms with Gasteiger partial charge in [-0.2, -0.15) is 5.10 Å². The molecule has 0 aromatic carbocycles. The van der Waals surface area contributed by atoms with Crippen LogP contribution in [0.15, 0.2) is 6.33 Å². The molecule has 0 radical (unpaired) electrons. The fraction of sp³-hybridized carbons (Fsp3) is 0.818. The van der Waals surface area contributed by atoms with Crippen molar-refractivity contribution in [2.45, 2.75) is 51.7 Å². The van der Waals surface area contributed by atoms with Crippen LogP contribution in [0, 0.1) is 5.92 Å². The van der Waals surface area contributed by atoms with Crippen molar-refractivity contribution in [3.63, 3.8) is 0 Å². The first kappa shape index (κ1) is 10.6. The molecule has 15 heavy (non-hydrogen) atoms. The predicted molar refractivity (Wildman–Crippen MR) is 57.4 cm³/mol. The quantitative estimate of drug-likeness (QED) is 0.815. The molecule has 84 valence electrons. The molecule has 0 atom stereocenters. The molecule has 1 aliphatic rings. The van der Waals surface area contributed by atoms with E-state index in [1.165, 1.54) is 0 Å². The lowest BCUT2D eigenvalue weighted by Crippen LogP contribution is -2.45. The van der Waals surface area contributed by atoms with Crippen molar-refractivity contribution in [1.82, 2.24) is 14.8 Å². The van der Waals surface area contributed by atoms with Crippen LogP contribution in [0.2, 0.25) is 0 Å². The molecule has 0 unspecified atom stereocenters. The molecule has 1 aromatic heterocycles. The molecular formula is C11H19N3O. The Kier molecular flexibility index (Phi) is 2.78. The molecule has 4 nitrogen and oxygen atoms in total. The largest absolute Gasteiger partial charge is 0.389 e. The zero-order valence-corrected chi connectivity index (χ0v) is 9.48. The second-order valence-corrected chi connectivity index (χ2v) is 4.81. The van der Waals surface area contributed by atoms with Crippen LogP contribution >= 0.6 is 0 Å². The lowest BCUT2D eigenvalue weighted by atomic mass is 9.70. The fourth-order valence-electron chi connectivity index (χ4n) is 2.50. The first-order chi connectivity index (χ1) is 7.13. The van der Waals surface area contributed by atoms with Crippen LogP contribution in [0.5, 0.6) is 0 Å². The number of aryl methyl sites for hydroxylation is 1. The monoisotopic (exact) mass is 209 g/mol. The molecule has 1 N–H and O–H groups in total. The lowest BCUT2D eigenvalue weighted by Gasteiger charge is -2.41. The van der Waals surface area contributed by atoms with Gasteiger partial charge in [-0.25, -0.2) is 4.98 Å². The van der Waals surface area contributed by atoms with Gasteiger partial charge >= 0.3 is 0 Å². The maximum absolute atomic E-state index is 10.2. The summed E-state index contributed by atoms with van der Waals surface area (Å²) in [5.74, 6) is 1.57. The molecule has 0 bridgehead atoms. The Morgan fingerprint density at radius 2 is 2.33 bits per heavy atom. The van der Waals surface area contributed by atoms with E-state index in [0.29, 0.717) is 12.3 Å². The smallest absolute Gasteiger partial charge is 0.138 e. The average molecular weight is 209 g/mol. The van der Waals surface area contributed by atoms with Crippen molar-refractivity contribution in [3.8, 4) is 0 Å². The van der Waals surface area contributed by atoms with Gasteiger partial charge in [0.25, 0.3) is 0 Å². The summed E-state index contributed by atoms with van der Waals surface area (Å²) >= 11 is 0. The van der Waals surface area contributed by atoms with Gasteiger partial charge in [0.05, 0.1) is 5.60 Å². The van der Waals surface area contributed by atoms with Crippen molar-refractivity contribution >= 4 is 0 Å². The van der Waals surface area contributed by atoms with Gasteiger partial charge in [0, 0.05) is 13.0 Å². The summed E-state index contributed by atoms with van der Waals surface area (Å²) in [5, 5.41) is 14.3. The number of nitrogens with zero attached hydrogens (tertiary/aromatic N) is 3. The maximum atomic E-state index is 10.2. The van der Waals surface area contributed by atoms with Crippen LogP contribution in [-0.4, -0.2) is 25.5 Å². The third-order valence-corrected chi connectivity index (χ3v) is 3.08. The second-order valence-electron chi connectivity index (χ2n) is 4.81. The molecule has 4 heteroatoms. The molecule has 1 aliphatic carbocycles. The third kappa shape index (κ3) is 2.20. The molecule has 1 aromatic rings. The highest BCUT2D eigenvalue weighted by atomic mass is 16.3. The van der Waals surface area contributed by atoms with E-state index >= 15 is 0 Å². The Hall–Kier alpha value is -0.900. The SMILES string of the molecule is CCCn1ncnc1CC1(O)CC(C)C1. The van der Waals surface area contributed by atoms with Gasteiger partial charge in [-0.1, -0.05) is 13.8 Å². The maximum Gasteiger partial charge on any atom is 0.138 e. The van der Waals surface area contributed by atoms with Gasteiger partial charge in [-0.05, 0) is 25.2 Å². The topological polar surface area (TPSA) is 50.9 Å². The Balaban J connectivity index is 2.01. The van der Waals surface area contributed by atoms with Gasteiger partial charge in [0.2, 0.25) is 0 Å². The van der Waals surface area contributed by atoms with Crippen LogP contribution in [0.3, 0.4) is 0 Å². The molecule has 0 spiro atoms. The van der Waals surface area contributed by atoms with Crippen LogP contribution in [0.1, 0.15) is 38.9 Å². The van der Waals surface area contributed by atoms with Crippen molar-refractivity contribution in [3.05, 3.63) is 12.2 Å². The van der Waals surface area contributed by atoms with Crippen molar-refractivity contribution in [2.24, 2.45) is 5.92 Å². The fourth-order valence-corrected chi connectivity index (χ4v) is 2.50. The third-order valence-electron chi connectivity index (χ3n) is 3.08. The number of hydrogen-bond donors (Lipinski definition) is 1. The van der Waals surface area contributed by atoms with Gasteiger partial charge in [-0.3, -0.25) is 4.68 Å². The summed E-state index contributed by atoms with van der Waals surface area (Å²) in [4.78, 5) is 4.22. The highest BCUT2D eigenvalue weighted by molar-refractivity contribution is 5.01. The van der Waals surface area contributed by atoms with Crippen LogP contribution in [0.25, 0.3) is 0 Å². The molecule has 0 amide bonds. The molecule has 1 fully saturated rings. The number of hydrogen-bond acceptors (Lipinski definition) is 3. The Bertz CT molecular complexity index is 328. The lowest BCUT2D eigenvalue weighted by molar-refractivity contribution is -0.0686. The minimum absolute atomic E-state index is 0.516. The van der Waals surface area contributed by atoms with Crippen LogP contribution < -0.4 is 0 Å². The van der Waals surface area contributed by atoms with E-state index in [2.05, 4.69) is 23.9 Å². The molecule has 0 aliphatic heterocycles. The normalized spacial score (nSPS) is 30.2. The van der Waals surface area contributed by atoms with E-state index in [4.69, 9.17) is 0 Å². The number of rotatable bonds is 4.